The van der Waals surface area contributed by atoms with Crippen LogP contribution in [0.5, 0.6) is 5.75 Å². The van der Waals surface area contributed by atoms with Crippen LogP contribution in [-0.4, -0.2) is 23.0 Å². The van der Waals surface area contributed by atoms with Gasteiger partial charge < -0.3 is 5.11 Å². The molecule has 2 aromatic carbocycles. The van der Waals surface area contributed by atoms with Crippen molar-refractivity contribution in [3.8, 4) is 5.75 Å². The van der Waals surface area contributed by atoms with Crippen molar-refractivity contribution in [2.45, 2.75) is 13.8 Å². The molecular weight excluding hydrogens is 480 g/mol. The lowest BCUT2D eigenvalue weighted by Gasteiger charge is -2.27. The topological polar surface area (TPSA) is 86.7 Å². The Labute approximate surface area is 172 Å². The van der Waals surface area contributed by atoms with Gasteiger partial charge in [0.25, 0.3) is 11.8 Å². The van der Waals surface area contributed by atoms with Gasteiger partial charge in [-0.3, -0.25) is 14.9 Å². The van der Waals surface area contributed by atoms with E-state index in [1.807, 2.05) is 19.9 Å². The van der Waals surface area contributed by atoms with E-state index in [0.29, 0.717) is 14.6 Å². The van der Waals surface area contributed by atoms with Crippen molar-refractivity contribution in [1.29, 1.82) is 0 Å². The van der Waals surface area contributed by atoms with Crippen molar-refractivity contribution in [3.63, 3.8) is 0 Å². The zero-order valence-corrected chi connectivity index (χ0v) is 17.5. The molecule has 4 amide bonds. The molecule has 0 radical (unpaired) electrons. The molecule has 1 fully saturated rings. The number of phenolic OH excluding ortho intramolecular Hbond substituents is 1. The van der Waals surface area contributed by atoms with E-state index >= 15 is 0 Å². The number of carbonyl (C=O) groups is 3. The van der Waals surface area contributed by atoms with Crippen LogP contribution in [0.2, 0.25) is 0 Å². The molecule has 0 bridgehead atoms. The number of amides is 4. The average molecular weight is 494 g/mol. The summed E-state index contributed by atoms with van der Waals surface area (Å²) < 4.78 is 1.04. The first kappa shape index (κ1) is 19.3. The fraction of sp³-hybridized carbons (Fsp3) is 0.105. The number of phenols is 1. The van der Waals surface area contributed by atoms with Gasteiger partial charge in [0, 0.05) is 10.0 Å². The van der Waals surface area contributed by atoms with Crippen molar-refractivity contribution in [2.75, 3.05) is 4.90 Å². The number of aromatic hydroxyl groups is 1. The first-order valence-electron chi connectivity index (χ1n) is 7.85. The van der Waals surface area contributed by atoms with Gasteiger partial charge in [-0.2, -0.15) is 0 Å². The highest BCUT2D eigenvalue weighted by atomic mass is 79.9. The fourth-order valence-electron chi connectivity index (χ4n) is 2.82. The van der Waals surface area contributed by atoms with Crippen LogP contribution < -0.4 is 10.2 Å². The minimum atomic E-state index is -0.818. The van der Waals surface area contributed by atoms with Crippen LogP contribution in [-0.2, 0) is 9.59 Å². The minimum absolute atomic E-state index is 0.124. The maximum absolute atomic E-state index is 12.9. The predicted molar refractivity (Wildman–Crippen MR) is 108 cm³/mol. The second-order valence-corrected chi connectivity index (χ2v) is 7.90. The van der Waals surface area contributed by atoms with Crippen LogP contribution in [0, 0.1) is 13.8 Å². The quantitative estimate of drug-likeness (QED) is 0.484. The van der Waals surface area contributed by atoms with Gasteiger partial charge in [0.1, 0.15) is 11.3 Å². The van der Waals surface area contributed by atoms with E-state index < -0.39 is 17.8 Å². The van der Waals surface area contributed by atoms with Crippen LogP contribution in [0.3, 0.4) is 0 Å². The first-order valence-corrected chi connectivity index (χ1v) is 9.43. The summed E-state index contributed by atoms with van der Waals surface area (Å²) in [7, 11) is 0. The third kappa shape index (κ3) is 3.81. The van der Waals surface area contributed by atoms with Crippen molar-refractivity contribution < 1.29 is 19.5 Å². The lowest BCUT2D eigenvalue weighted by Crippen LogP contribution is -2.54. The van der Waals surface area contributed by atoms with E-state index in [1.165, 1.54) is 6.08 Å². The molecule has 1 aliphatic rings. The van der Waals surface area contributed by atoms with Crippen LogP contribution in [0.25, 0.3) is 6.08 Å². The monoisotopic (exact) mass is 492 g/mol. The number of aryl methyl sites for hydroxylation is 2. The molecule has 27 heavy (non-hydrogen) atoms. The number of halogens is 2. The highest BCUT2D eigenvalue weighted by molar-refractivity contribution is 9.11. The molecule has 6 nitrogen and oxygen atoms in total. The van der Waals surface area contributed by atoms with Crippen LogP contribution in [0.15, 0.2) is 44.9 Å². The van der Waals surface area contributed by atoms with Gasteiger partial charge in [-0.1, -0.05) is 22.0 Å². The Balaban J connectivity index is 2.10. The summed E-state index contributed by atoms with van der Waals surface area (Å²) >= 11 is 6.50. The maximum Gasteiger partial charge on any atom is 0.335 e. The van der Waals surface area contributed by atoms with Gasteiger partial charge >= 0.3 is 6.03 Å². The Morgan fingerprint density at radius 1 is 1.00 bits per heavy atom. The zero-order chi connectivity index (χ0) is 19.9. The molecule has 0 atom stereocenters. The Morgan fingerprint density at radius 3 is 2.26 bits per heavy atom. The fourth-order valence-corrected chi connectivity index (χ4v) is 4.08. The molecule has 138 valence electrons. The predicted octanol–water partition coefficient (Wildman–Crippen LogP) is 4.20. The van der Waals surface area contributed by atoms with E-state index in [9.17, 15) is 19.5 Å². The highest BCUT2D eigenvalue weighted by Gasteiger charge is 2.37. The van der Waals surface area contributed by atoms with E-state index in [4.69, 9.17) is 0 Å². The molecule has 2 N–H and O–H groups in total. The van der Waals surface area contributed by atoms with Crippen molar-refractivity contribution >= 4 is 61.5 Å². The van der Waals surface area contributed by atoms with E-state index in [-0.39, 0.29) is 16.9 Å². The summed E-state index contributed by atoms with van der Waals surface area (Å²) in [5, 5.41) is 12.4. The smallest absolute Gasteiger partial charge is 0.335 e. The van der Waals surface area contributed by atoms with Gasteiger partial charge in [0.15, 0.2) is 0 Å². The van der Waals surface area contributed by atoms with Gasteiger partial charge in [0.05, 0.1) is 10.2 Å². The molecule has 3 rings (SSSR count). The highest BCUT2D eigenvalue weighted by Crippen LogP contribution is 2.34. The number of rotatable bonds is 2. The van der Waals surface area contributed by atoms with Gasteiger partial charge in [-0.05, 0) is 71.2 Å². The molecule has 2 aromatic rings. The van der Waals surface area contributed by atoms with Gasteiger partial charge in [-0.15, -0.1) is 0 Å². The maximum atomic E-state index is 12.9. The van der Waals surface area contributed by atoms with Crippen molar-refractivity contribution in [1.82, 2.24) is 5.32 Å². The Morgan fingerprint density at radius 2 is 1.63 bits per heavy atom. The minimum Gasteiger partial charge on any atom is -0.506 e. The third-order valence-corrected chi connectivity index (χ3v) is 4.99. The number of carbonyl (C=O) groups excluding carboxylic acids is 3. The molecule has 1 heterocycles. The lowest BCUT2D eigenvalue weighted by atomic mass is 10.0. The van der Waals surface area contributed by atoms with Crippen molar-refractivity contribution in [3.05, 3.63) is 61.5 Å². The van der Waals surface area contributed by atoms with Crippen LogP contribution in [0.4, 0.5) is 10.5 Å². The number of hydrogen-bond donors (Lipinski definition) is 2. The van der Waals surface area contributed by atoms with E-state index in [2.05, 4.69) is 37.2 Å². The number of benzene rings is 2. The number of nitrogens with zero attached hydrogens (tertiary/aromatic N) is 1. The summed E-state index contributed by atoms with van der Waals surface area (Å²) in [5.41, 5.74) is 2.12. The largest absolute Gasteiger partial charge is 0.506 e. The van der Waals surface area contributed by atoms with Crippen molar-refractivity contribution in [2.24, 2.45) is 0 Å². The second kappa shape index (κ2) is 7.28. The summed E-state index contributed by atoms with van der Waals surface area (Å²) in [6.07, 6.45) is 1.25. The molecule has 1 saturated heterocycles. The molecule has 0 aliphatic carbocycles. The number of barbiturate groups is 1. The molecule has 0 saturated carbocycles. The molecular formula is C19H14Br2N2O4. The number of urea groups is 1. The Hall–Kier alpha value is -2.45. The molecule has 1 aliphatic heterocycles. The number of hydrogen-bond acceptors (Lipinski definition) is 4. The lowest BCUT2D eigenvalue weighted by molar-refractivity contribution is -0.122. The number of anilines is 1. The SMILES string of the molecule is Cc1cc(C)cc(N2C(=O)NC(=O)/C(=C\c3cc(Br)cc(Br)c3O)C2=O)c1. The molecule has 0 unspecified atom stereocenters. The number of imide groups is 2. The molecule has 0 aromatic heterocycles. The second-order valence-electron chi connectivity index (χ2n) is 6.13. The van der Waals surface area contributed by atoms with E-state index in [1.54, 1.807) is 24.3 Å². The number of nitrogens with one attached hydrogen (secondary N) is 1. The molecule has 0 spiro atoms. The first-order chi connectivity index (χ1) is 12.7. The summed E-state index contributed by atoms with van der Waals surface area (Å²) in [5.74, 6) is -1.70. The van der Waals surface area contributed by atoms with Gasteiger partial charge in [0.2, 0.25) is 0 Å². The van der Waals surface area contributed by atoms with E-state index in [0.717, 1.165) is 16.0 Å². The Bertz CT molecular complexity index is 1010. The normalized spacial score (nSPS) is 16.1. The standard InChI is InChI=1S/C19H14Br2N2O4/c1-9-3-10(2)5-13(4-9)23-18(26)14(17(25)22-19(23)27)7-11-6-12(20)8-15(21)16(11)24/h3-8,24H,1-2H3,(H,22,25,27)/b14-7+. The van der Waals surface area contributed by atoms with Crippen LogP contribution in [0.1, 0.15) is 16.7 Å². The Kier molecular flexibility index (Phi) is 5.21. The summed E-state index contributed by atoms with van der Waals surface area (Å²) in [6, 6.07) is 7.66. The third-order valence-electron chi connectivity index (χ3n) is 3.92. The van der Waals surface area contributed by atoms with Gasteiger partial charge in [-0.25, -0.2) is 9.69 Å². The average Bonchev–Trinajstić information content (AvgIpc) is 2.54. The summed E-state index contributed by atoms with van der Waals surface area (Å²) in [4.78, 5) is 38.4. The summed E-state index contributed by atoms with van der Waals surface area (Å²) in [6.45, 7) is 3.70. The van der Waals surface area contributed by atoms with Crippen LogP contribution >= 0.6 is 31.9 Å². The molecule has 8 heteroatoms. The zero-order valence-electron chi connectivity index (χ0n) is 14.3.